The molecule has 1 unspecified atom stereocenters. The molecule has 1 aliphatic heterocycles. The summed E-state index contributed by atoms with van der Waals surface area (Å²) >= 11 is 1.23. The number of anilines is 1. The SMILES string of the molecule is CCOc1ccccc1C1CC(=O)Nc2c1sc(C(=O)O)c2-c1ccccc1. The average Bonchev–Trinajstić information content (AvgIpc) is 3.08. The Bertz CT molecular complexity index is 1040. The van der Waals surface area contributed by atoms with E-state index >= 15 is 0 Å². The summed E-state index contributed by atoms with van der Waals surface area (Å²) in [6.45, 7) is 2.43. The standard InChI is InChI=1S/C22H19NO4S/c1-2-27-16-11-7-6-10-14(16)15-12-17(24)23-19-18(13-8-4-3-5-9-13)21(22(25)26)28-20(15)19/h3-11,15H,2,12H2,1H3,(H,23,24)(H,25,26). The fourth-order valence-electron chi connectivity index (χ4n) is 3.62. The van der Waals surface area contributed by atoms with Gasteiger partial charge in [-0.25, -0.2) is 4.79 Å². The highest BCUT2D eigenvalue weighted by Gasteiger charge is 2.35. The van der Waals surface area contributed by atoms with Gasteiger partial charge in [0, 0.05) is 28.3 Å². The first-order valence-corrected chi connectivity index (χ1v) is 9.88. The molecule has 1 aromatic heterocycles. The maximum atomic E-state index is 12.5. The van der Waals surface area contributed by atoms with Gasteiger partial charge in [0.25, 0.3) is 0 Å². The topological polar surface area (TPSA) is 75.6 Å². The van der Waals surface area contributed by atoms with Gasteiger partial charge in [0.2, 0.25) is 5.91 Å². The predicted octanol–water partition coefficient (Wildman–Crippen LogP) is 4.99. The van der Waals surface area contributed by atoms with Crippen molar-refractivity contribution in [1.29, 1.82) is 0 Å². The second kappa shape index (κ2) is 7.48. The third kappa shape index (κ3) is 3.16. The van der Waals surface area contributed by atoms with Crippen LogP contribution in [0.1, 0.15) is 39.4 Å². The molecule has 5 nitrogen and oxygen atoms in total. The van der Waals surface area contributed by atoms with E-state index in [1.807, 2.05) is 61.5 Å². The monoisotopic (exact) mass is 393 g/mol. The molecule has 0 saturated carbocycles. The van der Waals surface area contributed by atoms with Gasteiger partial charge < -0.3 is 15.2 Å². The lowest BCUT2D eigenvalue weighted by Crippen LogP contribution is -2.22. The van der Waals surface area contributed by atoms with Gasteiger partial charge in [-0.1, -0.05) is 48.5 Å². The van der Waals surface area contributed by atoms with Crippen molar-refractivity contribution in [3.63, 3.8) is 0 Å². The van der Waals surface area contributed by atoms with E-state index in [2.05, 4.69) is 5.32 Å². The summed E-state index contributed by atoms with van der Waals surface area (Å²) in [5.74, 6) is -0.644. The molecule has 1 atom stereocenters. The van der Waals surface area contributed by atoms with E-state index in [1.165, 1.54) is 11.3 Å². The molecule has 0 radical (unpaired) electrons. The lowest BCUT2D eigenvalue weighted by molar-refractivity contribution is -0.116. The second-order valence-electron chi connectivity index (χ2n) is 6.49. The van der Waals surface area contributed by atoms with Gasteiger partial charge >= 0.3 is 5.97 Å². The molecule has 2 N–H and O–H groups in total. The molecule has 3 aromatic rings. The van der Waals surface area contributed by atoms with Gasteiger partial charge in [-0.15, -0.1) is 11.3 Å². The van der Waals surface area contributed by atoms with E-state index < -0.39 is 5.97 Å². The van der Waals surface area contributed by atoms with E-state index in [0.29, 0.717) is 17.9 Å². The Balaban J connectivity index is 1.93. The summed E-state index contributed by atoms with van der Waals surface area (Å²) in [6.07, 6.45) is 0.255. The number of nitrogens with one attached hydrogen (secondary N) is 1. The minimum atomic E-state index is -0.996. The summed E-state index contributed by atoms with van der Waals surface area (Å²) in [7, 11) is 0. The summed E-state index contributed by atoms with van der Waals surface area (Å²) in [6, 6.07) is 16.9. The molecule has 1 amide bonds. The van der Waals surface area contributed by atoms with Crippen LogP contribution in [0.15, 0.2) is 54.6 Å². The zero-order chi connectivity index (χ0) is 19.7. The molecule has 142 valence electrons. The van der Waals surface area contributed by atoms with Crippen molar-refractivity contribution in [1.82, 2.24) is 0 Å². The number of hydrogen-bond acceptors (Lipinski definition) is 4. The maximum absolute atomic E-state index is 12.5. The molecule has 0 fully saturated rings. The Morgan fingerprint density at radius 2 is 1.89 bits per heavy atom. The van der Waals surface area contributed by atoms with Crippen molar-refractivity contribution in [2.45, 2.75) is 19.3 Å². The molecule has 0 spiro atoms. The number of fused-ring (bicyclic) bond motifs is 1. The van der Waals surface area contributed by atoms with Gasteiger partial charge in [-0.05, 0) is 18.6 Å². The van der Waals surface area contributed by atoms with Crippen LogP contribution in [0.25, 0.3) is 11.1 Å². The summed E-state index contributed by atoms with van der Waals surface area (Å²) in [5.41, 5.74) is 2.84. The molecule has 2 aromatic carbocycles. The van der Waals surface area contributed by atoms with Crippen LogP contribution >= 0.6 is 11.3 Å². The number of rotatable bonds is 5. The largest absolute Gasteiger partial charge is 0.494 e. The van der Waals surface area contributed by atoms with Gasteiger partial charge in [0.1, 0.15) is 10.6 Å². The number of amides is 1. The third-order valence-electron chi connectivity index (χ3n) is 4.76. The molecule has 0 bridgehead atoms. The van der Waals surface area contributed by atoms with Crippen LogP contribution in [0.4, 0.5) is 5.69 Å². The van der Waals surface area contributed by atoms with Crippen molar-refractivity contribution >= 4 is 28.9 Å². The van der Waals surface area contributed by atoms with Crippen LogP contribution in [0.5, 0.6) is 5.75 Å². The molecule has 2 heterocycles. The first kappa shape index (κ1) is 18.3. The average molecular weight is 393 g/mol. The van der Waals surface area contributed by atoms with Crippen molar-refractivity contribution in [2.75, 3.05) is 11.9 Å². The van der Waals surface area contributed by atoms with Crippen LogP contribution in [-0.4, -0.2) is 23.6 Å². The second-order valence-corrected chi connectivity index (χ2v) is 7.54. The molecule has 0 saturated heterocycles. The smallest absolute Gasteiger partial charge is 0.346 e. The predicted molar refractivity (Wildman–Crippen MR) is 109 cm³/mol. The first-order valence-electron chi connectivity index (χ1n) is 9.07. The van der Waals surface area contributed by atoms with Crippen LogP contribution in [0.2, 0.25) is 0 Å². The number of thiophene rings is 1. The Hall–Kier alpha value is -3.12. The minimum Gasteiger partial charge on any atom is -0.494 e. The number of carboxylic acids is 1. The Morgan fingerprint density at radius 1 is 1.18 bits per heavy atom. The number of para-hydroxylation sites is 1. The van der Waals surface area contributed by atoms with E-state index in [0.717, 1.165) is 21.8 Å². The highest BCUT2D eigenvalue weighted by atomic mass is 32.1. The normalized spacial score (nSPS) is 15.6. The van der Waals surface area contributed by atoms with Crippen LogP contribution in [0, 0.1) is 0 Å². The summed E-state index contributed by atoms with van der Waals surface area (Å²) in [4.78, 5) is 25.6. The number of aromatic carboxylic acids is 1. The zero-order valence-electron chi connectivity index (χ0n) is 15.3. The van der Waals surface area contributed by atoms with Crippen molar-refractivity contribution in [2.24, 2.45) is 0 Å². The van der Waals surface area contributed by atoms with Crippen molar-refractivity contribution < 1.29 is 19.4 Å². The number of carbonyl (C=O) groups is 2. The van der Waals surface area contributed by atoms with Crippen molar-refractivity contribution in [3.05, 3.63) is 69.9 Å². The molecule has 0 aliphatic carbocycles. The fraction of sp³-hybridized carbons (Fsp3) is 0.182. The first-order chi connectivity index (χ1) is 13.6. The molecule has 1 aliphatic rings. The van der Waals surface area contributed by atoms with E-state index in [-0.39, 0.29) is 23.1 Å². The highest BCUT2D eigenvalue weighted by Crippen LogP contribution is 2.50. The van der Waals surface area contributed by atoms with E-state index in [1.54, 1.807) is 0 Å². The number of ether oxygens (including phenoxy) is 1. The Kier molecular flexibility index (Phi) is 4.88. The van der Waals surface area contributed by atoms with Gasteiger partial charge in [-0.3, -0.25) is 4.79 Å². The Labute approximate surface area is 166 Å². The fourth-order valence-corrected chi connectivity index (χ4v) is 4.86. The van der Waals surface area contributed by atoms with Crippen LogP contribution in [0.3, 0.4) is 0 Å². The molecule has 4 rings (SSSR count). The number of benzene rings is 2. The third-order valence-corrected chi connectivity index (χ3v) is 6.05. The zero-order valence-corrected chi connectivity index (χ0v) is 16.1. The summed E-state index contributed by atoms with van der Waals surface area (Å²) < 4.78 is 5.77. The minimum absolute atomic E-state index is 0.129. The van der Waals surface area contributed by atoms with E-state index in [4.69, 9.17) is 4.74 Å². The van der Waals surface area contributed by atoms with Crippen LogP contribution < -0.4 is 10.1 Å². The van der Waals surface area contributed by atoms with E-state index in [9.17, 15) is 14.7 Å². The maximum Gasteiger partial charge on any atom is 0.346 e. The lowest BCUT2D eigenvalue weighted by Gasteiger charge is -2.25. The Morgan fingerprint density at radius 3 is 2.61 bits per heavy atom. The highest BCUT2D eigenvalue weighted by molar-refractivity contribution is 7.15. The molecular formula is C22H19NO4S. The quantitative estimate of drug-likeness (QED) is 0.641. The van der Waals surface area contributed by atoms with Gasteiger partial charge in [-0.2, -0.15) is 0 Å². The molecule has 6 heteroatoms. The van der Waals surface area contributed by atoms with Gasteiger partial charge in [0.15, 0.2) is 0 Å². The molecule has 28 heavy (non-hydrogen) atoms. The lowest BCUT2D eigenvalue weighted by atomic mass is 9.88. The summed E-state index contributed by atoms with van der Waals surface area (Å²) in [5, 5.41) is 12.7. The molecular weight excluding hydrogens is 374 g/mol. The van der Waals surface area contributed by atoms with Gasteiger partial charge in [0.05, 0.1) is 12.3 Å². The number of hydrogen-bond donors (Lipinski definition) is 2. The van der Waals surface area contributed by atoms with Crippen LogP contribution in [-0.2, 0) is 4.79 Å². The van der Waals surface area contributed by atoms with Crippen molar-refractivity contribution in [3.8, 4) is 16.9 Å². The number of carboxylic acid groups (broad SMARTS) is 1. The number of carbonyl (C=O) groups excluding carboxylic acids is 1.